The first-order chi connectivity index (χ1) is 12.6. The number of hydrogen-bond acceptors (Lipinski definition) is 3. The highest BCUT2D eigenvalue weighted by Gasteiger charge is 2.67. The predicted molar refractivity (Wildman–Crippen MR) is 98.4 cm³/mol. The van der Waals surface area contributed by atoms with Crippen LogP contribution in [-0.2, 0) is 4.79 Å². The molecule has 0 radical (unpaired) electrons. The van der Waals surface area contributed by atoms with Crippen LogP contribution in [-0.4, -0.2) is 40.1 Å². The van der Waals surface area contributed by atoms with Gasteiger partial charge in [0.2, 0.25) is 0 Å². The largest absolute Gasteiger partial charge is 0.303 e. The highest BCUT2D eigenvalue weighted by atomic mass is 35.5. The predicted octanol–water partition coefficient (Wildman–Crippen LogP) is 3.09. The highest BCUT2D eigenvalue weighted by molar-refractivity contribution is 6.27. The second kappa shape index (κ2) is 5.95. The molecule has 1 saturated heterocycles. The maximum absolute atomic E-state index is 13.2. The Bertz CT molecular complexity index is 879. The number of fused-ring (bicyclic) bond motifs is 1. The van der Waals surface area contributed by atoms with Crippen LogP contribution in [0.2, 0.25) is 0 Å². The molecular weight excluding hydrogens is 352 g/mol. The number of para-hydroxylation sites is 1. The average molecular weight is 369 g/mol. The standard InChI is InChI=1S/C20H17ClN2O3/c1-2-20(23-17(24)14-10-6-7-11-15(14)18(23)25)16(12-21)22(19(20)26)13-8-4-3-5-9-13/h3-11,16H,2,12H2,1H3. The maximum atomic E-state index is 13.2. The molecule has 0 aliphatic carbocycles. The summed E-state index contributed by atoms with van der Waals surface area (Å²) in [5.41, 5.74) is 0.142. The van der Waals surface area contributed by atoms with Crippen molar-refractivity contribution in [3.8, 4) is 0 Å². The lowest BCUT2D eigenvalue weighted by molar-refractivity contribution is -0.139. The van der Waals surface area contributed by atoms with Crippen molar-refractivity contribution in [1.29, 1.82) is 0 Å². The first-order valence-corrected chi connectivity index (χ1v) is 9.04. The van der Waals surface area contributed by atoms with Crippen LogP contribution in [0.25, 0.3) is 0 Å². The number of hydrogen-bond donors (Lipinski definition) is 0. The summed E-state index contributed by atoms with van der Waals surface area (Å²) in [4.78, 5) is 41.8. The van der Waals surface area contributed by atoms with E-state index >= 15 is 0 Å². The van der Waals surface area contributed by atoms with Crippen molar-refractivity contribution >= 4 is 35.0 Å². The zero-order chi connectivity index (χ0) is 18.5. The molecular formula is C20H17ClN2O3. The Balaban J connectivity index is 1.79. The van der Waals surface area contributed by atoms with Crippen LogP contribution in [0.4, 0.5) is 5.69 Å². The van der Waals surface area contributed by atoms with E-state index in [0.29, 0.717) is 23.2 Å². The summed E-state index contributed by atoms with van der Waals surface area (Å²) in [5, 5.41) is 0. The van der Waals surface area contributed by atoms with Gasteiger partial charge in [-0.15, -0.1) is 11.6 Å². The number of alkyl halides is 1. The number of carbonyl (C=O) groups is 3. The number of halogens is 1. The summed E-state index contributed by atoms with van der Waals surface area (Å²) < 4.78 is 0. The summed E-state index contributed by atoms with van der Waals surface area (Å²) in [6, 6.07) is 15.4. The van der Waals surface area contributed by atoms with Gasteiger partial charge in [-0.05, 0) is 30.7 Å². The number of β-lactam (4-membered cyclic amide) rings is 1. The number of anilines is 1. The lowest BCUT2D eigenvalue weighted by atomic mass is 9.75. The van der Waals surface area contributed by atoms with Crippen LogP contribution in [0.1, 0.15) is 34.1 Å². The molecule has 26 heavy (non-hydrogen) atoms. The van der Waals surface area contributed by atoms with Crippen LogP contribution in [0.5, 0.6) is 0 Å². The lowest BCUT2D eigenvalue weighted by Gasteiger charge is -2.57. The molecule has 0 saturated carbocycles. The quantitative estimate of drug-likeness (QED) is 0.473. The van der Waals surface area contributed by atoms with Gasteiger partial charge in [-0.25, -0.2) is 0 Å². The summed E-state index contributed by atoms with van der Waals surface area (Å²) in [6.07, 6.45) is 0.317. The van der Waals surface area contributed by atoms with Gasteiger partial charge in [-0.1, -0.05) is 37.3 Å². The SMILES string of the molecule is CCC1(N2C(=O)c3ccccc3C2=O)C(=O)N(c2ccccc2)C1CCl. The number of benzene rings is 2. The van der Waals surface area contributed by atoms with E-state index in [2.05, 4.69) is 0 Å². The third-order valence-corrected chi connectivity index (χ3v) is 5.66. The van der Waals surface area contributed by atoms with Gasteiger partial charge < -0.3 is 4.90 Å². The van der Waals surface area contributed by atoms with Crippen molar-refractivity contribution in [3.63, 3.8) is 0 Å². The molecule has 2 heterocycles. The first-order valence-electron chi connectivity index (χ1n) is 8.50. The minimum absolute atomic E-state index is 0.127. The van der Waals surface area contributed by atoms with Gasteiger partial charge in [0.1, 0.15) is 0 Å². The van der Waals surface area contributed by atoms with Gasteiger partial charge in [-0.3, -0.25) is 19.3 Å². The second-order valence-corrected chi connectivity index (χ2v) is 6.76. The van der Waals surface area contributed by atoms with E-state index in [9.17, 15) is 14.4 Å². The molecule has 3 amide bonds. The molecule has 2 aliphatic heterocycles. The smallest absolute Gasteiger partial charge is 0.262 e. The van der Waals surface area contributed by atoms with E-state index in [1.807, 2.05) is 37.3 Å². The minimum Gasteiger partial charge on any atom is -0.303 e. The molecule has 2 atom stereocenters. The molecule has 2 unspecified atom stereocenters. The molecule has 6 heteroatoms. The maximum Gasteiger partial charge on any atom is 0.262 e. The van der Waals surface area contributed by atoms with Crippen LogP contribution < -0.4 is 4.90 Å². The fourth-order valence-electron chi connectivity index (χ4n) is 4.06. The molecule has 0 aromatic heterocycles. The Morgan fingerprint density at radius 2 is 1.46 bits per heavy atom. The molecule has 0 spiro atoms. The highest BCUT2D eigenvalue weighted by Crippen LogP contribution is 2.45. The number of carbonyl (C=O) groups excluding carboxylic acids is 3. The molecule has 2 aliphatic rings. The number of imide groups is 1. The van der Waals surface area contributed by atoms with Crippen molar-refractivity contribution in [2.24, 2.45) is 0 Å². The van der Waals surface area contributed by atoms with Crippen molar-refractivity contribution in [3.05, 3.63) is 65.7 Å². The molecule has 0 bridgehead atoms. The van der Waals surface area contributed by atoms with E-state index in [-0.39, 0.29) is 11.8 Å². The summed E-state index contributed by atoms with van der Waals surface area (Å²) >= 11 is 6.22. The normalized spacial score (nSPS) is 24.7. The monoisotopic (exact) mass is 368 g/mol. The zero-order valence-corrected chi connectivity index (χ0v) is 14.9. The summed E-state index contributed by atoms with van der Waals surface area (Å²) in [7, 11) is 0. The number of amides is 3. The van der Waals surface area contributed by atoms with Gasteiger partial charge in [0, 0.05) is 11.6 Å². The van der Waals surface area contributed by atoms with Crippen molar-refractivity contribution < 1.29 is 14.4 Å². The Morgan fingerprint density at radius 1 is 0.923 bits per heavy atom. The Morgan fingerprint density at radius 3 is 1.96 bits per heavy atom. The third kappa shape index (κ3) is 1.95. The third-order valence-electron chi connectivity index (χ3n) is 5.36. The van der Waals surface area contributed by atoms with Crippen LogP contribution in [0.3, 0.4) is 0 Å². The second-order valence-electron chi connectivity index (χ2n) is 6.45. The Kier molecular flexibility index (Phi) is 3.84. The molecule has 4 rings (SSSR count). The van der Waals surface area contributed by atoms with Gasteiger partial charge in [0.15, 0.2) is 5.54 Å². The van der Waals surface area contributed by atoms with Crippen molar-refractivity contribution in [1.82, 2.24) is 4.90 Å². The van der Waals surface area contributed by atoms with E-state index in [1.54, 1.807) is 29.2 Å². The molecule has 2 aromatic carbocycles. The van der Waals surface area contributed by atoms with E-state index in [1.165, 1.54) is 0 Å². The summed E-state index contributed by atoms with van der Waals surface area (Å²) in [5.74, 6) is -0.999. The lowest BCUT2D eigenvalue weighted by Crippen LogP contribution is -2.81. The molecule has 132 valence electrons. The number of nitrogens with zero attached hydrogens (tertiary/aromatic N) is 2. The fourth-order valence-corrected chi connectivity index (χ4v) is 4.46. The van der Waals surface area contributed by atoms with E-state index in [4.69, 9.17) is 11.6 Å². The first kappa shape index (κ1) is 16.8. The topological polar surface area (TPSA) is 57.7 Å². The Hall–Kier alpha value is -2.66. The van der Waals surface area contributed by atoms with Crippen molar-refractivity contribution in [2.45, 2.75) is 24.9 Å². The molecule has 2 aromatic rings. The van der Waals surface area contributed by atoms with Gasteiger partial charge in [0.05, 0.1) is 17.2 Å². The van der Waals surface area contributed by atoms with Gasteiger partial charge in [0.25, 0.3) is 17.7 Å². The zero-order valence-electron chi connectivity index (χ0n) is 14.2. The molecule has 1 fully saturated rings. The minimum atomic E-state index is -1.25. The van der Waals surface area contributed by atoms with E-state index in [0.717, 1.165) is 4.90 Å². The van der Waals surface area contributed by atoms with E-state index < -0.39 is 23.4 Å². The summed E-state index contributed by atoms with van der Waals surface area (Å²) in [6.45, 7) is 1.81. The fraction of sp³-hybridized carbons (Fsp3) is 0.250. The van der Waals surface area contributed by atoms with Crippen LogP contribution >= 0.6 is 11.6 Å². The number of rotatable bonds is 4. The van der Waals surface area contributed by atoms with Crippen LogP contribution in [0, 0.1) is 0 Å². The molecule has 5 nitrogen and oxygen atoms in total. The van der Waals surface area contributed by atoms with Gasteiger partial charge in [-0.2, -0.15) is 0 Å². The Labute approximate surface area is 156 Å². The van der Waals surface area contributed by atoms with Crippen LogP contribution in [0.15, 0.2) is 54.6 Å². The average Bonchev–Trinajstić information content (AvgIpc) is 2.93. The molecule has 0 N–H and O–H groups in total. The van der Waals surface area contributed by atoms with Gasteiger partial charge >= 0.3 is 0 Å². The van der Waals surface area contributed by atoms with Crippen molar-refractivity contribution in [2.75, 3.05) is 10.8 Å².